The highest BCUT2D eigenvalue weighted by Crippen LogP contribution is 2.22. The maximum Gasteiger partial charge on any atom is 0.312 e. The van der Waals surface area contributed by atoms with Crippen molar-refractivity contribution in [1.82, 2.24) is 15.5 Å². The lowest BCUT2D eigenvalue weighted by Crippen LogP contribution is -2.38. The smallest absolute Gasteiger partial charge is 0.312 e. The van der Waals surface area contributed by atoms with Crippen molar-refractivity contribution >= 4 is 11.9 Å². The Bertz CT molecular complexity index is 429. The Kier molecular flexibility index (Phi) is 5.34. The van der Waals surface area contributed by atoms with Crippen LogP contribution in [0.4, 0.5) is 6.01 Å². The number of rotatable bonds is 6. The summed E-state index contributed by atoms with van der Waals surface area (Å²) in [6, 6.07) is -0.000235. The van der Waals surface area contributed by atoms with Gasteiger partial charge in [0.25, 0.3) is 0 Å². The molecule has 0 spiro atoms. The molecule has 1 atom stereocenters. The molecule has 1 amide bonds. The molecule has 112 valence electrons. The molecule has 2 rings (SSSR count). The second kappa shape index (κ2) is 7.23. The van der Waals surface area contributed by atoms with Gasteiger partial charge < -0.3 is 20.2 Å². The molecule has 0 saturated heterocycles. The van der Waals surface area contributed by atoms with E-state index in [0.717, 1.165) is 12.8 Å². The van der Waals surface area contributed by atoms with Crippen molar-refractivity contribution in [1.29, 1.82) is 0 Å². The molecule has 3 N–H and O–H groups in total. The van der Waals surface area contributed by atoms with E-state index >= 15 is 0 Å². The van der Waals surface area contributed by atoms with Gasteiger partial charge in [-0.05, 0) is 19.3 Å². The van der Waals surface area contributed by atoms with E-state index in [0.29, 0.717) is 12.3 Å². The van der Waals surface area contributed by atoms with Crippen LogP contribution in [0.3, 0.4) is 0 Å². The zero-order valence-corrected chi connectivity index (χ0v) is 11.8. The van der Waals surface area contributed by atoms with Crippen LogP contribution in [0, 0.1) is 0 Å². The van der Waals surface area contributed by atoms with E-state index in [1.54, 1.807) is 0 Å². The fraction of sp³-hybridized carbons (Fsp3) is 0.769. The lowest BCUT2D eigenvalue weighted by atomic mass is 9.97. The van der Waals surface area contributed by atoms with Crippen LogP contribution in [0.15, 0.2) is 4.42 Å². The number of anilines is 1. The molecule has 7 heteroatoms. The second-order valence-electron chi connectivity index (χ2n) is 5.04. The van der Waals surface area contributed by atoms with Gasteiger partial charge in [-0.25, -0.2) is 0 Å². The van der Waals surface area contributed by atoms with Gasteiger partial charge in [0.05, 0.1) is 12.6 Å². The van der Waals surface area contributed by atoms with Crippen LogP contribution in [0.1, 0.15) is 51.3 Å². The van der Waals surface area contributed by atoms with Crippen LogP contribution in [0.5, 0.6) is 0 Å². The molecule has 1 aromatic rings. The molecule has 20 heavy (non-hydrogen) atoms. The fourth-order valence-electron chi connectivity index (χ4n) is 2.39. The van der Waals surface area contributed by atoms with E-state index in [1.165, 1.54) is 19.3 Å². The van der Waals surface area contributed by atoms with Crippen LogP contribution in [0.25, 0.3) is 0 Å². The molecule has 0 aromatic carbocycles. The van der Waals surface area contributed by atoms with Gasteiger partial charge in [-0.3, -0.25) is 4.79 Å². The Morgan fingerprint density at radius 2 is 2.20 bits per heavy atom. The van der Waals surface area contributed by atoms with Crippen LogP contribution in [-0.4, -0.2) is 28.3 Å². The molecule has 7 nitrogen and oxygen atoms in total. The summed E-state index contributed by atoms with van der Waals surface area (Å²) in [5.41, 5.74) is 5.32. The highest BCUT2D eigenvalue weighted by Gasteiger charge is 2.23. The number of carbonyl (C=O) groups excluding carboxylic acids is 1. The summed E-state index contributed by atoms with van der Waals surface area (Å²) in [5, 5.41) is 9.96. The average molecular weight is 282 g/mol. The molecule has 1 heterocycles. The van der Waals surface area contributed by atoms with Gasteiger partial charge in [0.1, 0.15) is 6.10 Å². The standard InChI is InChI=1S/C13H22N4O3/c1-2-10(19-9-6-4-3-5-7-9)12(18)15-8-11-16-17-13(14)20-11/h9-10H,2-8H2,1H3,(H2,14,17)(H,15,18)/t10-/m0/s1. The Balaban J connectivity index is 1.78. The highest BCUT2D eigenvalue weighted by molar-refractivity contribution is 5.80. The number of nitrogen functional groups attached to an aromatic ring is 1. The molecule has 1 aliphatic carbocycles. The third kappa shape index (κ3) is 4.19. The summed E-state index contributed by atoms with van der Waals surface area (Å²) in [6.07, 6.45) is 6.16. The van der Waals surface area contributed by atoms with Crippen molar-refractivity contribution in [2.45, 2.75) is 64.2 Å². The first-order chi connectivity index (χ1) is 9.69. The van der Waals surface area contributed by atoms with Gasteiger partial charge in [0, 0.05) is 0 Å². The second-order valence-corrected chi connectivity index (χ2v) is 5.04. The summed E-state index contributed by atoms with van der Waals surface area (Å²) >= 11 is 0. The number of hydrogen-bond donors (Lipinski definition) is 2. The third-order valence-corrected chi connectivity index (χ3v) is 3.47. The predicted molar refractivity (Wildman–Crippen MR) is 72.6 cm³/mol. The van der Waals surface area contributed by atoms with Gasteiger partial charge in [-0.2, -0.15) is 0 Å². The first-order valence-corrected chi connectivity index (χ1v) is 7.20. The molecule has 1 aromatic heterocycles. The Labute approximate surface area is 118 Å². The fourth-order valence-corrected chi connectivity index (χ4v) is 2.39. The minimum absolute atomic E-state index is 0.000235. The van der Waals surface area contributed by atoms with Crippen molar-refractivity contribution < 1.29 is 13.9 Å². The van der Waals surface area contributed by atoms with Gasteiger partial charge in [0.15, 0.2) is 0 Å². The quantitative estimate of drug-likeness (QED) is 0.817. The maximum atomic E-state index is 12.1. The summed E-state index contributed by atoms with van der Waals surface area (Å²) in [6.45, 7) is 2.12. The molecular formula is C13H22N4O3. The van der Waals surface area contributed by atoms with Crippen LogP contribution in [0.2, 0.25) is 0 Å². The molecule has 0 unspecified atom stereocenters. The van der Waals surface area contributed by atoms with E-state index < -0.39 is 6.10 Å². The van der Waals surface area contributed by atoms with E-state index in [2.05, 4.69) is 15.5 Å². The molecule has 1 fully saturated rings. The van der Waals surface area contributed by atoms with Gasteiger partial charge in [0.2, 0.25) is 11.8 Å². The number of aromatic nitrogens is 2. The third-order valence-electron chi connectivity index (χ3n) is 3.47. The van der Waals surface area contributed by atoms with E-state index in [1.807, 2.05) is 6.92 Å². The summed E-state index contributed by atoms with van der Waals surface area (Å²) in [5.74, 6) is 0.151. The van der Waals surface area contributed by atoms with Crippen molar-refractivity contribution in [3.63, 3.8) is 0 Å². The number of nitrogens with two attached hydrogens (primary N) is 1. The molecule has 0 aliphatic heterocycles. The van der Waals surface area contributed by atoms with E-state index in [-0.39, 0.29) is 24.6 Å². The number of amides is 1. The molecule has 1 saturated carbocycles. The van der Waals surface area contributed by atoms with Gasteiger partial charge >= 0.3 is 6.01 Å². The first kappa shape index (κ1) is 14.8. The molecule has 0 radical (unpaired) electrons. The summed E-state index contributed by atoms with van der Waals surface area (Å²) < 4.78 is 10.9. The Morgan fingerprint density at radius 3 is 2.80 bits per heavy atom. The molecular weight excluding hydrogens is 260 g/mol. The van der Waals surface area contributed by atoms with Crippen LogP contribution in [-0.2, 0) is 16.1 Å². The number of ether oxygens (including phenoxy) is 1. The number of nitrogens with one attached hydrogen (secondary N) is 1. The predicted octanol–water partition coefficient (Wildman–Crippen LogP) is 1.40. The van der Waals surface area contributed by atoms with Crippen LogP contribution < -0.4 is 11.1 Å². The topological polar surface area (TPSA) is 103 Å². The SMILES string of the molecule is CC[C@H](OC1CCCCC1)C(=O)NCc1nnc(N)o1. The Hall–Kier alpha value is -1.63. The summed E-state index contributed by atoms with van der Waals surface area (Å²) in [7, 11) is 0. The van der Waals surface area contributed by atoms with Crippen molar-refractivity contribution in [3.05, 3.63) is 5.89 Å². The lowest BCUT2D eigenvalue weighted by molar-refractivity contribution is -0.138. The zero-order chi connectivity index (χ0) is 14.4. The van der Waals surface area contributed by atoms with Crippen molar-refractivity contribution in [3.8, 4) is 0 Å². The number of hydrogen-bond acceptors (Lipinski definition) is 6. The van der Waals surface area contributed by atoms with Crippen molar-refractivity contribution in [2.75, 3.05) is 5.73 Å². The Morgan fingerprint density at radius 1 is 1.45 bits per heavy atom. The van der Waals surface area contributed by atoms with Crippen molar-refractivity contribution in [2.24, 2.45) is 0 Å². The normalized spacial score (nSPS) is 17.9. The first-order valence-electron chi connectivity index (χ1n) is 7.20. The maximum absolute atomic E-state index is 12.1. The zero-order valence-electron chi connectivity index (χ0n) is 11.8. The van der Waals surface area contributed by atoms with E-state index in [4.69, 9.17) is 14.9 Å². The van der Waals surface area contributed by atoms with Gasteiger partial charge in [-0.1, -0.05) is 31.3 Å². The van der Waals surface area contributed by atoms with Gasteiger partial charge in [-0.15, -0.1) is 5.10 Å². The highest BCUT2D eigenvalue weighted by atomic mass is 16.5. The summed E-state index contributed by atoms with van der Waals surface area (Å²) in [4.78, 5) is 12.1. The largest absolute Gasteiger partial charge is 0.406 e. The molecule has 0 bridgehead atoms. The molecule has 1 aliphatic rings. The minimum atomic E-state index is -0.418. The minimum Gasteiger partial charge on any atom is -0.406 e. The van der Waals surface area contributed by atoms with Crippen LogP contribution >= 0.6 is 0 Å². The lowest BCUT2D eigenvalue weighted by Gasteiger charge is -2.26. The number of carbonyl (C=O) groups is 1. The van der Waals surface area contributed by atoms with E-state index in [9.17, 15) is 4.79 Å². The average Bonchev–Trinajstić information content (AvgIpc) is 2.89. The monoisotopic (exact) mass is 282 g/mol. The number of nitrogens with zero attached hydrogens (tertiary/aromatic N) is 2.